The molecule has 0 spiro atoms. The Hall–Kier alpha value is -3.81. The van der Waals surface area contributed by atoms with Gasteiger partial charge < -0.3 is 15.7 Å². The van der Waals surface area contributed by atoms with Crippen LogP contribution in [0, 0.1) is 0 Å². The lowest BCUT2D eigenvalue weighted by Gasteiger charge is -2.30. The van der Waals surface area contributed by atoms with Crippen molar-refractivity contribution >= 4 is 11.8 Å². The third-order valence-electron chi connectivity index (χ3n) is 4.66. The maximum Gasteiger partial charge on any atom is 0.416 e. The molecule has 3 aromatic carbocycles. The fourth-order valence-electron chi connectivity index (χ4n) is 3.26. The summed E-state index contributed by atoms with van der Waals surface area (Å²) in [7, 11) is 0. The van der Waals surface area contributed by atoms with Gasteiger partial charge in [-0.1, -0.05) is 48.5 Å². The zero-order valence-corrected chi connectivity index (χ0v) is 16.2. The molecule has 0 aromatic heterocycles. The highest BCUT2D eigenvalue weighted by Gasteiger charge is 2.33. The van der Waals surface area contributed by atoms with E-state index in [9.17, 15) is 27.9 Å². The summed E-state index contributed by atoms with van der Waals surface area (Å²) in [5, 5.41) is 9.74. The number of phenols is 1. The Labute approximate surface area is 176 Å². The second kappa shape index (κ2) is 8.91. The molecule has 2 amide bonds. The number of hydrogen-bond donors (Lipinski definition) is 2. The minimum atomic E-state index is -4.56. The van der Waals surface area contributed by atoms with Gasteiger partial charge in [0.15, 0.2) is 0 Å². The van der Waals surface area contributed by atoms with E-state index in [4.69, 9.17) is 5.73 Å². The topological polar surface area (TPSA) is 83.6 Å². The number of carbonyl (C=O) groups excluding carboxylic acids is 2. The first-order chi connectivity index (χ1) is 14.7. The van der Waals surface area contributed by atoms with Gasteiger partial charge in [0.05, 0.1) is 5.56 Å². The van der Waals surface area contributed by atoms with Crippen molar-refractivity contribution in [1.29, 1.82) is 0 Å². The number of primary amides is 1. The Balaban J connectivity index is 2.08. The first-order valence-corrected chi connectivity index (χ1v) is 9.27. The third-order valence-corrected chi connectivity index (χ3v) is 4.66. The van der Waals surface area contributed by atoms with Gasteiger partial charge in [0.2, 0.25) is 5.91 Å². The number of aromatic hydroxyl groups is 1. The Kier molecular flexibility index (Phi) is 6.29. The Morgan fingerprint density at radius 1 is 0.935 bits per heavy atom. The fourth-order valence-corrected chi connectivity index (χ4v) is 3.26. The molecule has 0 heterocycles. The van der Waals surface area contributed by atoms with Crippen LogP contribution >= 0.6 is 0 Å². The predicted octanol–water partition coefficient (Wildman–Crippen LogP) is 4.28. The highest BCUT2D eigenvalue weighted by atomic mass is 19.4. The van der Waals surface area contributed by atoms with Gasteiger partial charge in [-0.25, -0.2) is 0 Å². The maximum atomic E-state index is 13.3. The van der Waals surface area contributed by atoms with Crippen molar-refractivity contribution in [3.8, 4) is 5.75 Å². The SMILES string of the molecule is NC(=O)[C@@H](c1ccccc1)N(Cc1cccc(C(F)(F)F)c1)C(=O)c1cccc(O)c1. The van der Waals surface area contributed by atoms with Crippen LogP contribution in [0.1, 0.15) is 33.1 Å². The lowest BCUT2D eigenvalue weighted by Crippen LogP contribution is -2.41. The summed E-state index contributed by atoms with van der Waals surface area (Å²) in [6, 6.07) is 17.0. The summed E-state index contributed by atoms with van der Waals surface area (Å²) in [5.74, 6) is -1.67. The number of nitrogens with zero attached hydrogens (tertiary/aromatic N) is 1. The van der Waals surface area contributed by atoms with Crippen molar-refractivity contribution in [2.75, 3.05) is 0 Å². The number of nitrogens with two attached hydrogens (primary N) is 1. The lowest BCUT2D eigenvalue weighted by molar-refractivity contribution is -0.137. The van der Waals surface area contributed by atoms with Gasteiger partial charge in [0, 0.05) is 12.1 Å². The number of phenolic OH excluding ortho intramolecular Hbond substituents is 1. The molecule has 5 nitrogen and oxygen atoms in total. The molecule has 0 bridgehead atoms. The number of benzene rings is 3. The number of carbonyl (C=O) groups is 2. The third kappa shape index (κ3) is 5.22. The fraction of sp³-hybridized carbons (Fsp3) is 0.130. The molecule has 3 N–H and O–H groups in total. The van der Waals surface area contributed by atoms with Crippen molar-refractivity contribution in [3.63, 3.8) is 0 Å². The van der Waals surface area contributed by atoms with Crippen molar-refractivity contribution < 1.29 is 27.9 Å². The van der Waals surface area contributed by atoms with E-state index in [1.807, 2.05) is 0 Å². The highest BCUT2D eigenvalue weighted by Crippen LogP contribution is 2.31. The van der Waals surface area contributed by atoms with E-state index in [-0.39, 0.29) is 23.4 Å². The van der Waals surface area contributed by atoms with Crippen LogP contribution in [0.5, 0.6) is 5.75 Å². The van der Waals surface area contributed by atoms with E-state index in [2.05, 4.69) is 0 Å². The van der Waals surface area contributed by atoms with Crippen molar-refractivity contribution in [2.24, 2.45) is 5.73 Å². The molecule has 160 valence electrons. The first kappa shape index (κ1) is 21.9. The summed E-state index contributed by atoms with van der Waals surface area (Å²) in [5.41, 5.74) is 5.38. The average molecular weight is 428 g/mol. The molecule has 3 rings (SSSR count). The normalized spacial score (nSPS) is 12.2. The van der Waals surface area contributed by atoms with Crippen LogP contribution in [0.15, 0.2) is 78.9 Å². The minimum absolute atomic E-state index is 0.0640. The van der Waals surface area contributed by atoms with Crippen LogP contribution in [0.25, 0.3) is 0 Å². The summed E-state index contributed by atoms with van der Waals surface area (Å²) >= 11 is 0. The van der Waals surface area contributed by atoms with Crippen LogP contribution in [0.4, 0.5) is 13.2 Å². The molecule has 31 heavy (non-hydrogen) atoms. The van der Waals surface area contributed by atoms with Gasteiger partial charge in [-0.3, -0.25) is 9.59 Å². The molecule has 0 saturated heterocycles. The van der Waals surface area contributed by atoms with Crippen LogP contribution in [-0.2, 0) is 17.5 Å². The number of amides is 2. The Morgan fingerprint density at radius 3 is 2.23 bits per heavy atom. The van der Waals surface area contributed by atoms with Gasteiger partial charge in [0.1, 0.15) is 11.8 Å². The molecular weight excluding hydrogens is 409 g/mol. The van der Waals surface area contributed by atoms with Crippen molar-refractivity contribution in [2.45, 2.75) is 18.8 Å². The molecule has 0 radical (unpaired) electrons. The molecule has 1 atom stereocenters. The van der Waals surface area contributed by atoms with Crippen LogP contribution in [0.2, 0.25) is 0 Å². The van der Waals surface area contributed by atoms with Crippen LogP contribution in [0.3, 0.4) is 0 Å². The van der Waals surface area contributed by atoms with Crippen LogP contribution < -0.4 is 5.73 Å². The Bertz CT molecular complexity index is 1080. The van der Waals surface area contributed by atoms with Gasteiger partial charge in [-0.2, -0.15) is 13.2 Å². The molecule has 3 aromatic rings. The average Bonchev–Trinajstić information content (AvgIpc) is 2.73. The molecule has 0 aliphatic carbocycles. The molecular formula is C23H19F3N2O3. The van der Waals surface area contributed by atoms with Gasteiger partial charge >= 0.3 is 6.18 Å². The standard InChI is InChI=1S/C23H19F3N2O3/c24-23(25,26)18-10-4-6-15(12-18)14-28(22(31)17-9-5-11-19(29)13-17)20(21(27)30)16-7-2-1-3-8-16/h1-13,20,29H,14H2,(H2,27,30)/t20-/m1/s1. The number of halogens is 3. The van der Waals surface area contributed by atoms with Gasteiger partial charge in [0.25, 0.3) is 5.91 Å². The first-order valence-electron chi connectivity index (χ1n) is 9.27. The maximum absolute atomic E-state index is 13.3. The van der Waals surface area contributed by atoms with E-state index >= 15 is 0 Å². The van der Waals surface area contributed by atoms with E-state index in [1.54, 1.807) is 30.3 Å². The minimum Gasteiger partial charge on any atom is -0.508 e. The van der Waals surface area contributed by atoms with Gasteiger partial charge in [-0.05, 0) is 41.5 Å². The van der Waals surface area contributed by atoms with E-state index < -0.39 is 29.6 Å². The second-order valence-electron chi connectivity index (χ2n) is 6.90. The van der Waals surface area contributed by atoms with E-state index in [0.717, 1.165) is 17.0 Å². The summed E-state index contributed by atoms with van der Waals surface area (Å²) in [4.78, 5) is 26.7. The lowest BCUT2D eigenvalue weighted by atomic mass is 10.0. The molecule has 0 fully saturated rings. The predicted molar refractivity (Wildman–Crippen MR) is 108 cm³/mol. The van der Waals surface area contributed by atoms with Crippen LogP contribution in [-0.4, -0.2) is 21.8 Å². The zero-order valence-electron chi connectivity index (χ0n) is 16.2. The quantitative estimate of drug-likeness (QED) is 0.615. The largest absolute Gasteiger partial charge is 0.508 e. The zero-order chi connectivity index (χ0) is 22.6. The Morgan fingerprint density at radius 2 is 1.61 bits per heavy atom. The number of rotatable bonds is 6. The van der Waals surface area contributed by atoms with E-state index in [0.29, 0.717) is 5.56 Å². The monoisotopic (exact) mass is 428 g/mol. The molecule has 0 unspecified atom stereocenters. The molecule has 8 heteroatoms. The van der Waals surface area contributed by atoms with Crippen molar-refractivity contribution in [1.82, 2.24) is 4.90 Å². The second-order valence-corrected chi connectivity index (χ2v) is 6.90. The van der Waals surface area contributed by atoms with E-state index in [1.165, 1.54) is 36.4 Å². The molecule has 0 aliphatic heterocycles. The summed E-state index contributed by atoms with van der Waals surface area (Å²) in [6.07, 6.45) is -4.56. The summed E-state index contributed by atoms with van der Waals surface area (Å²) < 4.78 is 39.4. The van der Waals surface area contributed by atoms with Gasteiger partial charge in [-0.15, -0.1) is 0 Å². The molecule has 0 saturated carbocycles. The number of hydrogen-bond acceptors (Lipinski definition) is 3. The summed E-state index contributed by atoms with van der Waals surface area (Å²) in [6.45, 7) is -0.305. The smallest absolute Gasteiger partial charge is 0.416 e. The highest BCUT2D eigenvalue weighted by molar-refractivity contribution is 5.98. The molecule has 0 aliphatic rings. The van der Waals surface area contributed by atoms with Crippen molar-refractivity contribution in [3.05, 3.63) is 101 Å². The number of alkyl halides is 3.